The molecule has 0 bridgehead atoms. The van der Waals surface area contributed by atoms with Crippen molar-refractivity contribution in [1.29, 1.82) is 0 Å². The maximum atomic E-state index is 12.4. The zero-order valence-corrected chi connectivity index (χ0v) is 14.0. The lowest BCUT2D eigenvalue weighted by Crippen LogP contribution is -2.36. The van der Waals surface area contributed by atoms with Crippen molar-refractivity contribution in [2.24, 2.45) is 4.99 Å². The first-order chi connectivity index (χ1) is 12.1. The Morgan fingerprint density at radius 2 is 1.96 bits per heavy atom. The average Bonchev–Trinajstić information content (AvgIpc) is 2.62. The number of aliphatic imine (C=N–C) groups is 1. The smallest absolute Gasteiger partial charge is 0.387 e. The fourth-order valence-electron chi connectivity index (χ4n) is 2.12. The average molecular weight is 350 g/mol. The summed E-state index contributed by atoms with van der Waals surface area (Å²) in [6, 6.07) is 10.3. The van der Waals surface area contributed by atoms with Crippen molar-refractivity contribution in [3.05, 3.63) is 53.7 Å². The number of aromatic nitrogens is 1. The van der Waals surface area contributed by atoms with Gasteiger partial charge in [-0.1, -0.05) is 18.2 Å². The number of rotatable bonds is 7. The van der Waals surface area contributed by atoms with E-state index in [4.69, 9.17) is 4.74 Å². The maximum Gasteiger partial charge on any atom is 0.387 e. The predicted octanol–water partition coefficient (Wildman–Crippen LogP) is 2.56. The predicted molar refractivity (Wildman–Crippen MR) is 90.9 cm³/mol. The van der Waals surface area contributed by atoms with Gasteiger partial charge in [-0.2, -0.15) is 8.78 Å². The zero-order valence-electron chi connectivity index (χ0n) is 14.0. The monoisotopic (exact) mass is 350 g/mol. The van der Waals surface area contributed by atoms with Gasteiger partial charge >= 0.3 is 6.61 Å². The van der Waals surface area contributed by atoms with E-state index in [1.165, 1.54) is 6.07 Å². The molecule has 1 heterocycles. The summed E-state index contributed by atoms with van der Waals surface area (Å²) >= 11 is 0. The van der Waals surface area contributed by atoms with Crippen molar-refractivity contribution in [3.63, 3.8) is 0 Å². The quantitative estimate of drug-likeness (QED) is 0.593. The van der Waals surface area contributed by atoms with Gasteiger partial charge in [-0.15, -0.1) is 0 Å². The van der Waals surface area contributed by atoms with Crippen molar-refractivity contribution < 1.29 is 18.3 Å². The van der Waals surface area contributed by atoms with Crippen LogP contribution in [-0.2, 0) is 13.1 Å². The molecule has 0 spiro atoms. The highest BCUT2D eigenvalue weighted by atomic mass is 19.3. The Morgan fingerprint density at radius 3 is 2.68 bits per heavy atom. The van der Waals surface area contributed by atoms with E-state index in [1.54, 1.807) is 38.6 Å². The first-order valence-electron chi connectivity index (χ1n) is 7.58. The SMILES string of the molecule is CN=C(NCc1ccnc(OC)c1)NCc1ccccc1OC(F)F. The summed E-state index contributed by atoms with van der Waals surface area (Å²) in [4.78, 5) is 8.15. The number of nitrogens with one attached hydrogen (secondary N) is 2. The molecule has 0 atom stereocenters. The van der Waals surface area contributed by atoms with Gasteiger partial charge < -0.3 is 20.1 Å². The van der Waals surface area contributed by atoms with E-state index in [9.17, 15) is 8.78 Å². The number of benzene rings is 1. The maximum absolute atomic E-state index is 12.4. The summed E-state index contributed by atoms with van der Waals surface area (Å²) in [6.07, 6.45) is 1.66. The Hall–Kier alpha value is -2.90. The van der Waals surface area contributed by atoms with E-state index in [-0.39, 0.29) is 5.75 Å². The molecule has 1 aromatic heterocycles. The molecule has 0 aliphatic carbocycles. The van der Waals surface area contributed by atoms with Gasteiger partial charge in [-0.25, -0.2) is 4.98 Å². The number of alkyl halides is 2. The Labute approximate surface area is 144 Å². The van der Waals surface area contributed by atoms with Crippen LogP contribution >= 0.6 is 0 Å². The second-order valence-electron chi connectivity index (χ2n) is 4.97. The van der Waals surface area contributed by atoms with Crippen molar-refractivity contribution in [3.8, 4) is 11.6 Å². The second-order valence-corrected chi connectivity index (χ2v) is 4.97. The van der Waals surface area contributed by atoms with E-state index in [1.807, 2.05) is 12.1 Å². The fraction of sp³-hybridized carbons (Fsp3) is 0.294. The van der Waals surface area contributed by atoms with Gasteiger partial charge in [0.25, 0.3) is 0 Å². The Morgan fingerprint density at radius 1 is 1.20 bits per heavy atom. The normalized spacial score (nSPS) is 11.3. The molecule has 6 nitrogen and oxygen atoms in total. The molecular weight excluding hydrogens is 330 g/mol. The summed E-state index contributed by atoms with van der Waals surface area (Å²) in [5, 5.41) is 6.20. The Balaban J connectivity index is 1.92. The van der Waals surface area contributed by atoms with E-state index >= 15 is 0 Å². The van der Waals surface area contributed by atoms with Crippen LogP contribution in [0.25, 0.3) is 0 Å². The molecule has 2 aromatic rings. The molecule has 134 valence electrons. The van der Waals surface area contributed by atoms with Gasteiger partial charge in [0.15, 0.2) is 5.96 Å². The molecule has 25 heavy (non-hydrogen) atoms. The van der Waals surface area contributed by atoms with Gasteiger partial charge in [-0.05, 0) is 17.7 Å². The van der Waals surface area contributed by atoms with Crippen LogP contribution in [0.5, 0.6) is 11.6 Å². The summed E-state index contributed by atoms with van der Waals surface area (Å²) in [7, 11) is 3.18. The highest BCUT2D eigenvalue weighted by Crippen LogP contribution is 2.19. The molecule has 0 fully saturated rings. The number of halogens is 2. The molecule has 0 aliphatic rings. The van der Waals surface area contributed by atoms with E-state index in [2.05, 4.69) is 25.3 Å². The number of guanidine groups is 1. The van der Waals surface area contributed by atoms with Crippen LogP contribution in [0, 0.1) is 0 Å². The summed E-state index contributed by atoms with van der Waals surface area (Å²) in [5.74, 6) is 1.20. The topological polar surface area (TPSA) is 67.8 Å². The summed E-state index contributed by atoms with van der Waals surface area (Å²) < 4.78 is 34.5. The number of ether oxygens (including phenoxy) is 2. The standard InChI is InChI=1S/C17H20F2N4O2/c1-20-17(22-10-12-7-8-21-15(9-12)24-2)23-11-13-5-3-4-6-14(13)25-16(18)19/h3-9,16H,10-11H2,1-2H3,(H2,20,22,23). The molecule has 8 heteroatoms. The van der Waals surface area contributed by atoms with Crippen LogP contribution in [0.4, 0.5) is 8.78 Å². The Kier molecular flexibility index (Phi) is 6.94. The van der Waals surface area contributed by atoms with E-state index in [0.29, 0.717) is 30.5 Å². The summed E-state index contributed by atoms with van der Waals surface area (Å²) in [6.45, 7) is -2.06. The number of para-hydroxylation sites is 1. The summed E-state index contributed by atoms with van der Waals surface area (Å²) in [5.41, 5.74) is 1.58. The number of methoxy groups -OCH3 is 1. The number of nitrogens with zero attached hydrogens (tertiary/aromatic N) is 2. The minimum absolute atomic E-state index is 0.138. The molecular formula is C17H20F2N4O2. The molecule has 1 aromatic carbocycles. The first-order valence-corrected chi connectivity index (χ1v) is 7.58. The van der Waals surface area contributed by atoms with Crippen LogP contribution in [0.3, 0.4) is 0 Å². The van der Waals surface area contributed by atoms with Crippen LogP contribution in [0.2, 0.25) is 0 Å². The van der Waals surface area contributed by atoms with Gasteiger partial charge in [-0.3, -0.25) is 4.99 Å². The third-order valence-electron chi connectivity index (χ3n) is 3.33. The molecule has 0 amide bonds. The molecule has 0 unspecified atom stereocenters. The first kappa shape index (κ1) is 18.4. The minimum atomic E-state index is -2.86. The highest BCUT2D eigenvalue weighted by molar-refractivity contribution is 5.79. The van der Waals surface area contributed by atoms with Crippen molar-refractivity contribution in [2.75, 3.05) is 14.2 Å². The van der Waals surface area contributed by atoms with Crippen molar-refractivity contribution in [1.82, 2.24) is 15.6 Å². The largest absolute Gasteiger partial charge is 0.481 e. The fourth-order valence-corrected chi connectivity index (χ4v) is 2.12. The van der Waals surface area contributed by atoms with Crippen molar-refractivity contribution in [2.45, 2.75) is 19.7 Å². The molecule has 0 radical (unpaired) electrons. The molecule has 0 saturated carbocycles. The molecule has 2 N–H and O–H groups in total. The molecule has 2 rings (SSSR count). The van der Waals surface area contributed by atoms with Crippen LogP contribution in [-0.4, -0.2) is 31.7 Å². The van der Waals surface area contributed by atoms with Gasteiger partial charge in [0, 0.05) is 38.0 Å². The zero-order chi connectivity index (χ0) is 18.1. The van der Waals surface area contributed by atoms with Gasteiger partial charge in [0.05, 0.1) is 7.11 Å². The third kappa shape index (κ3) is 5.91. The van der Waals surface area contributed by atoms with E-state index in [0.717, 1.165) is 5.56 Å². The highest BCUT2D eigenvalue weighted by Gasteiger charge is 2.09. The lowest BCUT2D eigenvalue weighted by molar-refractivity contribution is -0.0504. The molecule has 0 saturated heterocycles. The molecule has 0 aliphatic heterocycles. The number of hydrogen-bond acceptors (Lipinski definition) is 4. The van der Waals surface area contributed by atoms with Crippen LogP contribution in [0.1, 0.15) is 11.1 Å². The third-order valence-corrected chi connectivity index (χ3v) is 3.33. The number of pyridine rings is 1. The van der Waals surface area contributed by atoms with Gasteiger partial charge in [0.1, 0.15) is 5.75 Å². The lowest BCUT2D eigenvalue weighted by atomic mass is 10.2. The number of hydrogen-bond donors (Lipinski definition) is 2. The van der Waals surface area contributed by atoms with Crippen LogP contribution < -0.4 is 20.1 Å². The van der Waals surface area contributed by atoms with Crippen LogP contribution in [0.15, 0.2) is 47.6 Å². The lowest BCUT2D eigenvalue weighted by Gasteiger charge is -2.14. The second kappa shape index (κ2) is 9.41. The minimum Gasteiger partial charge on any atom is -0.481 e. The Bertz CT molecular complexity index is 711. The van der Waals surface area contributed by atoms with E-state index < -0.39 is 6.61 Å². The van der Waals surface area contributed by atoms with Crippen molar-refractivity contribution >= 4 is 5.96 Å². The van der Waals surface area contributed by atoms with Gasteiger partial charge in [0.2, 0.25) is 5.88 Å².